The molecule has 3 amide bonds. The number of thioether (sulfide) groups is 1. The summed E-state index contributed by atoms with van der Waals surface area (Å²) in [5.41, 5.74) is 1.82. The van der Waals surface area contributed by atoms with Gasteiger partial charge in [0.1, 0.15) is 16.7 Å². The predicted molar refractivity (Wildman–Crippen MR) is 118 cm³/mol. The van der Waals surface area contributed by atoms with E-state index in [0.717, 1.165) is 11.8 Å². The highest BCUT2D eigenvalue weighted by atomic mass is 32.2. The molecule has 0 bridgehead atoms. The Balaban J connectivity index is 1.65. The van der Waals surface area contributed by atoms with E-state index in [1.54, 1.807) is 24.3 Å². The number of anilines is 2. The summed E-state index contributed by atoms with van der Waals surface area (Å²) in [5, 5.41) is 2.65. The van der Waals surface area contributed by atoms with E-state index in [4.69, 9.17) is 12.2 Å². The lowest BCUT2D eigenvalue weighted by Crippen LogP contribution is -2.35. The fourth-order valence-electron chi connectivity index (χ4n) is 3.36. The minimum atomic E-state index is -0.438. The number of rotatable bonds is 4. The summed E-state index contributed by atoms with van der Waals surface area (Å²) in [6.45, 7) is 1.99. The Labute approximate surface area is 181 Å². The predicted octanol–water partition coefficient (Wildman–Crippen LogP) is 3.40. The average Bonchev–Trinajstić information content (AvgIpc) is 3.16. The SMILES string of the molecule is CCN1C(=O)C(=C2C(=O)N(CC(=O)Nc3ccc(F)cc3)c3ccccc32)SC1=S. The Morgan fingerprint density at radius 3 is 2.43 bits per heavy atom. The number of nitrogens with zero attached hydrogens (tertiary/aromatic N) is 2. The molecule has 2 aromatic carbocycles. The van der Waals surface area contributed by atoms with Crippen LogP contribution in [0.25, 0.3) is 5.57 Å². The van der Waals surface area contributed by atoms with Crippen molar-refractivity contribution in [2.75, 3.05) is 23.3 Å². The number of nitrogens with one attached hydrogen (secondary N) is 1. The summed E-state index contributed by atoms with van der Waals surface area (Å²) in [7, 11) is 0. The Hall–Kier alpha value is -3.04. The fraction of sp³-hybridized carbons (Fsp3) is 0.143. The van der Waals surface area contributed by atoms with E-state index < -0.39 is 17.6 Å². The topological polar surface area (TPSA) is 69.7 Å². The molecule has 2 aliphatic heterocycles. The number of amides is 3. The highest BCUT2D eigenvalue weighted by molar-refractivity contribution is 8.26. The van der Waals surface area contributed by atoms with Crippen molar-refractivity contribution in [1.82, 2.24) is 4.90 Å². The molecule has 1 fully saturated rings. The van der Waals surface area contributed by atoms with Crippen molar-refractivity contribution in [3.8, 4) is 0 Å². The van der Waals surface area contributed by atoms with Crippen LogP contribution in [0.4, 0.5) is 15.8 Å². The van der Waals surface area contributed by atoms with E-state index in [0.29, 0.717) is 27.8 Å². The minimum absolute atomic E-state index is 0.245. The van der Waals surface area contributed by atoms with Gasteiger partial charge < -0.3 is 5.32 Å². The molecule has 0 unspecified atom stereocenters. The van der Waals surface area contributed by atoms with Gasteiger partial charge in [-0.05, 0) is 37.3 Å². The van der Waals surface area contributed by atoms with Crippen molar-refractivity contribution in [2.24, 2.45) is 0 Å². The van der Waals surface area contributed by atoms with Crippen LogP contribution in [0.2, 0.25) is 0 Å². The largest absolute Gasteiger partial charge is 0.325 e. The van der Waals surface area contributed by atoms with Crippen LogP contribution in [0.5, 0.6) is 0 Å². The van der Waals surface area contributed by atoms with Crippen molar-refractivity contribution in [1.29, 1.82) is 0 Å². The number of thiocarbonyl (C=S) groups is 1. The first-order chi connectivity index (χ1) is 14.4. The van der Waals surface area contributed by atoms with Crippen molar-refractivity contribution >= 4 is 63.0 Å². The minimum Gasteiger partial charge on any atom is -0.325 e. The monoisotopic (exact) mass is 441 g/mol. The first-order valence-electron chi connectivity index (χ1n) is 9.15. The molecule has 4 rings (SSSR count). The Bertz CT molecular complexity index is 1110. The Morgan fingerprint density at radius 1 is 1.07 bits per heavy atom. The molecule has 6 nitrogen and oxygen atoms in total. The fourth-order valence-corrected chi connectivity index (χ4v) is 4.81. The molecule has 0 atom stereocenters. The number of halogens is 1. The quantitative estimate of drug-likeness (QED) is 0.582. The lowest BCUT2D eigenvalue weighted by molar-refractivity contribution is -0.122. The smallest absolute Gasteiger partial charge is 0.266 e. The van der Waals surface area contributed by atoms with Gasteiger partial charge in [0.05, 0.1) is 16.2 Å². The molecule has 30 heavy (non-hydrogen) atoms. The maximum atomic E-state index is 13.2. The van der Waals surface area contributed by atoms with Gasteiger partial charge in [-0.1, -0.05) is 42.2 Å². The second kappa shape index (κ2) is 8.00. The Morgan fingerprint density at radius 2 is 1.77 bits per heavy atom. The van der Waals surface area contributed by atoms with E-state index in [9.17, 15) is 18.8 Å². The molecule has 0 aliphatic carbocycles. The molecular weight excluding hydrogens is 425 g/mol. The third kappa shape index (κ3) is 3.50. The number of hydrogen-bond acceptors (Lipinski definition) is 5. The van der Waals surface area contributed by atoms with E-state index >= 15 is 0 Å². The third-order valence-electron chi connectivity index (χ3n) is 4.75. The highest BCUT2D eigenvalue weighted by Gasteiger charge is 2.41. The van der Waals surface area contributed by atoms with Crippen molar-refractivity contribution in [2.45, 2.75) is 6.92 Å². The van der Waals surface area contributed by atoms with Crippen molar-refractivity contribution in [3.05, 3.63) is 64.8 Å². The third-order valence-corrected chi connectivity index (χ3v) is 6.19. The summed E-state index contributed by atoms with van der Waals surface area (Å²) >= 11 is 6.37. The maximum Gasteiger partial charge on any atom is 0.266 e. The maximum absolute atomic E-state index is 13.2. The number of carbonyl (C=O) groups excluding carboxylic acids is 3. The van der Waals surface area contributed by atoms with Crippen molar-refractivity contribution < 1.29 is 18.8 Å². The van der Waals surface area contributed by atoms with Crippen LogP contribution in [0.15, 0.2) is 53.4 Å². The second-order valence-electron chi connectivity index (χ2n) is 6.59. The molecule has 9 heteroatoms. The number of hydrogen-bond donors (Lipinski definition) is 1. The summed E-state index contributed by atoms with van der Waals surface area (Å²) < 4.78 is 13.5. The molecular formula is C21H16FN3O3S2. The van der Waals surface area contributed by atoms with Crippen LogP contribution in [0.3, 0.4) is 0 Å². The molecule has 152 valence electrons. The van der Waals surface area contributed by atoms with E-state index in [1.807, 2.05) is 6.92 Å². The van der Waals surface area contributed by atoms with Gasteiger partial charge in [0.15, 0.2) is 0 Å². The molecule has 0 radical (unpaired) electrons. The van der Waals surface area contributed by atoms with Crippen LogP contribution in [-0.4, -0.2) is 40.0 Å². The number of carbonyl (C=O) groups is 3. The summed E-state index contributed by atoms with van der Waals surface area (Å²) in [4.78, 5) is 41.6. The molecule has 2 aromatic rings. The van der Waals surface area contributed by atoms with Crippen molar-refractivity contribution in [3.63, 3.8) is 0 Å². The van der Waals surface area contributed by atoms with Gasteiger partial charge in [-0.15, -0.1) is 0 Å². The number of fused-ring (bicyclic) bond motifs is 1. The average molecular weight is 442 g/mol. The summed E-state index contributed by atoms with van der Waals surface area (Å²) in [6, 6.07) is 12.4. The van der Waals surface area contributed by atoms with Gasteiger partial charge in [-0.3, -0.25) is 24.2 Å². The molecule has 0 aromatic heterocycles. The zero-order valence-electron chi connectivity index (χ0n) is 15.8. The van der Waals surface area contributed by atoms with Gasteiger partial charge in [-0.25, -0.2) is 4.39 Å². The van der Waals surface area contributed by atoms with Crippen LogP contribution < -0.4 is 10.2 Å². The van der Waals surface area contributed by atoms with Gasteiger partial charge in [0.25, 0.3) is 11.8 Å². The lowest BCUT2D eigenvalue weighted by Gasteiger charge is -2.16. The summed E-state index contributed by atoms with van der Waals surface area (Å²) in [5.74, 6) is -1.58. The molecule has 0 saturated carbocycles. The molecule has 2 heterocycles. The van der Waals surface area contributed by atoms with E-state index in [-0.39, 0.29) is 22.9 Å². The second-order valence-corrected chi connectivity index (χ2v) is 8.23. The zero-order valence-corrected chi connectivity index (χ0v) is 17.5. The number of benzene rings is 2. The van der Waals surface area contributed by atoms with Crippen LogP contribution >= 0.6 is 24.0 Å². The lowest BCUT2D eigenvalue weighted by atomic mass is 10.1. The number of likely N-dealkylation sites (N-methyl/N-ethyl adjacent to an activating group) is 1. The van der Waals surface area contributed by atoms with Gasteiger partial charge >= 0.3 is 0 Å². The first kappa shape index (κ1) is 20.2. The normalized spacial score (nSPS) is 18.3. The van der Waals surface area contributed by atoms with E-state index in [1.165, 1.54) is 34.1 Å². The molecule has 0 spiro atoms. The van der Waals surface area contributed by atoms with Crippen LogP contribution in [0, 0.1) is 5.82 Å². The van der Waals surface area contributed by atoms with E-state index in [2.05, 4.69) is 5.32 Å². The molecule has 2 aliphatic rings. The molecule has 1 N–H and O–H groups in total. The first-order valence-corrected chi connectivity index (χ1v) is 10.4. The van der Waals surface area contributed by atoms with Gasteiger partial charge in [0.2, 0.25) is 5.91 Å². The highest BCUT2D eigenvalue weighted by Crippen LogP contribution is 2.44. The summed E-state index contributed by atoms with van der Waals surface area (Å²) in [6.07, 6.45) is 0. The zero-order chi connectivity index (χ0) is 21.4. The Kier molecular flexibility index (Phi) is 5.40. The standard InChI is InChI=1S/C21H16FN3O3S2/c1-2-24-20(28)18(30-21(24)29)17-14-5-3-4-6-15(14)25(19(17)27)11-16(26)23-13-9-7-12(22)8-10-13/h3-10H,2,11H2,1H3,(H,23,26). The van der Waals surface area contributed by atoms with Crippen LogP contribution in [0.1, 0.15) is 12.5 Å². The van der Waals surface area contributed by atoms with Gasteiger partial charge in [-0.2, -0.15) is 0 Å². The molecule has 1 saturated heterocycles. The number of para-hydroxylation sites is 1. The van der Waals surface area contributed by atoms with Gasteiger partial charge in [0, 0.05) is 17.8 Å². The van der Waals surface area contributed by atoms with Crippen LogP contribution in [-0.2, 0) is 14.4 Å².